The number of pyridine rings is 1. The fourth-order valence-electron chi connectivity index (χ4n) is 3.87. The molecule has 138 valence electrons. The van der Waals surface area contributed by atoms with Crippen molar-refractivity contribution < 1.29 is 0 Å². The van der Waals surface area contributed by atoms with Gasteiger partial charge in [-0.2, -0.15) is 0 Å². The molecular formula is C22H20N6. The molecule has 6 heteroatoms. The molecule has 6 nitrogen and oxygen atoms in total. The monoisotopic (exact) mass is 368 g/mol. The first kappa shape index (κ1) is 16.6. The summed E-state index contributed by atoms with van der Waals surface area (Å²) in [6, 6.07) is 12.0. The molecule has 0 bridgehead atoms. The molecule has 0 aliphatic heterocycles. The van der Waals surface area contributed by atoms with Crippen molar-refractivity contribution in [3.05, 3.63) is 78.1 Å². The minimum absolute atomic E-state index is 0.511. The van der Waals surface area contributed by atoms with Crippen molar-refractivity contribution in [1.29, 1.82) is 0 Å². The normalized spacial score (nSPS) is 18.4. The summed E-state index contributed by atoms with van der Waals surface area (Å²) in [5.74, 6) is 0.572. The average Bonchev–Trinajstić information content (AvgIpc) is 3.06. The lowest BCUT2D eigenvalue weighted by Gasteiger charge is -2.29. The minimum Gasteiger partial charge on any atom is -0.398 e. The maximum absolute atomic E-state index is 6.73. The Kier molecular flexibility index (Phi) is 3.57. The zero-order chi connectivity index (χ0) is 19.3. The number of nitrogens with two attached hydrogens (primary N) is 2. The number of aromatic nitrogens is 4. The zero-order valence-corrected chi connectivity index (χ0v) is 15.5. The summed E-state index contributed by atoms with van der Waals surface area (Å²) in [4.78, 5) is 13.7. The Balaban J connectivity index is 1.61. The van der Waals surface area contributed by atoms with Gasteiger partial charge in [-0.05, 0) is 24.3 Å². The molecule has 4 N–H and O–H groups in total. The molecule has 0 fully saturated rings. The number of nitrogens with zero attached hydrogens (tertiary/aromatic N) is 4. The fourth-order valence-corrected chi connectivity index (χ4v) is 3.87. The van der Waals surface area contributed by atoms with Crippen LogP contribution in [-0.4, -0.2) is 19.5 Å². The van der Waals surface area contributed by atoms with Gasteiger partial charge in [-0.25, -0.2) is 9.97 Å². The van der Waals surface area contributed by atoms with E-state index in [9.17, 15) is 0 Å². The highest BCUT2D eigenvalue weighted by molar-refractivity contribution is 5.95. The summed E-state index contributed by atoms with van der Waals surface area (Å²) in [5.41, 5.74) is 17.6. The van der Waals surface area contributed by atoms with Crippen LogP contribution in [0.15, 0.2) is 61.1 Å². The summed E-state index contributed by atoms with van der Waals surface area (Å²) in [5, 5.41) is 1.15. The van der Waals surface area contributed by atoms with Gasteiger partial charge >= 0.3 is 0 Å². The molecule has 0 saturated heterocycles. The van der Waals surface area contributed by atoms with Crippen molar-refractivity contribution in [3.63, 3.8) is 0 Å². The Bertz CT molecular complexity index is 1240. The predicted octanol–water partition coefficient (Wildman–Crippen LogP) is 3.04. The van der Waals surface area contributed by atoms with Gasteiger partial charge < -0.3 is 16.0 Å². The topological polar surface area (TPSA) is 95.6 Å². The quantitative estimate of drug-likeness (QED) is 0.567. The number of hydrogen-bond acceptors (Lipinski definition) is 5. The summed E-state index contributed by atoms with van der Waals surface area (Å²) in [7, 11) is 2.04. The van der Waals surface area contributed by atoms with Gasteiger partial charge in [-0.1, -0.05) is 24.3 Å². The van der Waals surface area contributed by atoms with E-state index in [0.717, 1.165) is 33.4 Å². The van der Waals surface area contributed by atoms with Gasteiger partial charge in [0.25, 0.3) is 0 Å². The van der Waals surface area contributed by atoms with E-state index in [-0.39, 0.29) is 0 Å². The largest absolute Gasteiger partial charge is 0.398 e. The Morgan fingerprint density at radius 2 is 1.89 bits per heavy atom. The van der Waals surface area contributed by atoms with Crippen LogP contribution in [0.4, 0.5) is 5.69 Å². The first-order valence-corrected chi connectivity index (χ1v) is 9.15. The summed E-state index contributed by atoms with van der Waals surface area (Å²) in [6.45, 7) is 0. The molecule has 1 aliphatic carbocycles. The van der Waals surface area contributed by atoms with E-state index in [1.165, 1.54) is 0 Å². The van der Waals surface area contributed by atoms with Crippen molar-refractivity contribution in [2.24, 2.45) is 12.8 Å². The molecule has 1 unspecified atom stereocenters. The molecule has 28 heavy (non-hydrogen) atoms. The highest BCUT2D eigenvalue weighted by Crippen LogP contribution is 2.34. The van der Waals surface area contributed by atoms with E-state index in [2.05, 4.69) is 32.9 Å². The number of aryl methyl sites for hydroxylation is 1. The predicted molar refractivity (Wildman–Crippen MR) is 111 cm³/mol. The lowest BCUT2D eigenvalue weighted by atomic mass is 9.84. The third-order valence-electron chi connectivity index (χ3n) is 5.38. The molecule has 1 aromatic carbocycles. The first-order chi connectivity index (χ1) is 13.5. The summed E-state index contributed by atoms with van der Waals surface area (Å²) < 4.78 is 2.10. The fraction of sp³-hybridized carbons (Fsp3) is 0.136. The molecule has 0 amide bonds. The van der Waals surface area contributed by atoms with Gasteiger partial charge in [-0.15, -0.1) is 0 Å². The second-order valence-corrected chi connectivity index (χ2v) is 7.25. The lowest BCUT2D eigenvalue weighted by Crippen LogP contribution is -2.40. The molecular weight excluding hydrogens is 348 g/mol. The van der Waals surface area contributed by atoms with Crippen LogP contribution in [0.2, 0.25) is 0 Å². The second-order valence-electron chi connectivity index (χ2n) is 7.25. The number of nitrogen functional groups attached to an aromatic ring is 1. The highest BCUT2D eigenvalue weighted by atomic mass is 15.0. The van der Waals surface area contributed by atoms with Gasteiger partial charge in [0.1, 0.15) is 0 Å². The van der Waals surface area contributed by atoms with Crippen LogP contribution in [0.1, 0.15) is 17.1 Å². The first-order valence-electron chi connectivity index (χ1n) is 9.15. The van der Waals surface area contributed by atoms with Crippen LogP contribution in [-0.2, 0) is 19.0 Å². The van der Waals surface area contributed by atoms with E-state index < -0.39 is 5.54 Å². The molecule has 4 aromatic rings. The highest BCUT2D eigenvalue weighted by Gasteiger charge is 2.33. The van der Waals surface area contributed by atoms with Crippen LogP contribution < -0.4 is 11.5 Å². The van der Waals surface area contributed by atoms with E-state index in [1.807, 2.05) is 37.4 Å². The van der Waals surface area contributed by atoms with Crippen LogP contribution in [0.3, 0.4) is 0 Å². The second kappa shape index (κ2) is 6.00. The standard InChI is InChI=1S/C22H20N6/c1-28-13-16(14-4-2-3-5-20(14)28)19-8-11-26-21(27-19)22(24)9-6-18-15(12-22)17(23)7-10-25-18/h2-11,13H,12,24H2,1H3,(H2,23,25). The van der Waals surface area contributed by atoms with Gasteiger partial charge in [0.2, 0.25) is 0 Å². The minimum atomic E-state index is -0.829. The molecule has 3 heterocycles. The van der Waals surface area contributed by atoms with Crippen LogP contribution in [0.25, 0.3) is 28.2 Å². The van der Waals surface area contributed by atoms with Crippen molar-refractivity contribution in [1.82, 2.24) is 19.5 Å². The van der Waals surface area contributed by atoms with Gasteiger partial charge in [-0.3, -0.25) is 4.98 Å². The maximum Gasteiger partial charge on any atom is 0.153 e. The van der Waals surface area contributed by atoms with Crippen LogP contribution >= 0.6 is 0 Å². The number of benzene rings is 1. The number of anilines is 1. The Morgan fingerprint density at radius 1 is 1.07 bits per heavy atom. The molecule has 5 rings (SSSR count). The van der Waals surface area contributed by atoms with E-state index in [4.69, 9.17) is 16.5 Å². The van der Waals surface area contributed by atoms with E-state index in [0.29, 0.717) is 17.9 Å². The van der Waals surface area contributed by atoms with E-state index in [1.54, 1.807) is 18.5 Å². The van der Waals surface area contributed by atoms with Crippen molar-refractivity contribution in [2.45, 2.75) is 12.0 Å². The Morgan fingerprint density at radius 3 is 2.79 bits per heavy atom. The molecule has 0 spiro atoms. The lowest BCUT2D eigenvalue weighted by molar-refractivity contribution is 0.516. The molecule has 1 aliphatic rings. The van der Waals surface area contributed by atoms with Gasteiger partial charge in [0, 0.05) is 59.8 Å². The summed E-state index contributed by atoms with van der Waals surface area (Å²) >= 11 is 0. The van der Waals surface area contributed by atoms with Crippen LogP contribution in [0, 0.1) is 0 Å². The van der Waals surface area contributed by atoms with Gasteiger partial charge in [0.05, 0.1) is 16.9 Å². The van der Waals surface area contributed by atoms with Gasteiger partial charge in [0.15, 0.2) is 5.82 Å². The Hall–Kier alpha value is -3.51. The van der Waals surface area contributed by atoms with E-state index >= 15 is 0 Å². The van der Waals surface area contributed by atoms with Crippen LogP contribution in [0.5, 0.6) is 0 Å². The molecule has 3 aromatic heterocycles. The third kappa shape index (κ3) is 2.50. The Labute approximate surface area is 162 Å². The molecule has 1 atom stereocenters. The van der Waals surface area contributed by atoms with Crippen molar-refractivity contribution in [2.75, 3.05) is 5.73 Å². The maximum atomic E-state index is 6.73. The zero-order valence-electron chi connectivity index (χ0n) is 15.5. The van der Waals surface area contributed by atoms with Crippen molar-refractivity contribution in [3.8, 4) is 11.3 Å². The van der Waals surface area contributed by atoms with Crippen molar-refractivity contribution >= 4 is 22.7 Å². The number of fused-ring (bicyclic) bond motifs is 2. The average molecular weight is 368 g/mol. The summed E-state index contributed by atoms with van der Waals surface area (Å²) in [6.07, 6.45) is 9.90. The number of hydrogen-bond donors (Lipinski definition) is 2. The molecule has 0 saturated carbocycles. The third-order valence-corrected chi connectivity index (χ3v) is 5.38. The molecule has 0 radical (unpaired) electrons. The number of rotatable bonds is 2. The smallest absolute Gasteiger partial charge is 0.153 e. The SMILES string of the molecule is Cn1cc(-c2ccnc(C3(N)C=Cc4nccc(N)c4C3)n2)c2ccccc21. The number of para-hydroxylation sites is 1.